The van der Waals surface area contributed by atoms with Gasteiger partial charge in [-0.3, -0.25) is 4.98 Å². The molecule has 22 heavy (non-hydrogen) atoms. The summed E-state index contributed by atoms with van der Waals surface area (Å²) < 4.78 is 27.6. The molecule has 0 saturated carbocycles. The lowest BCUT2D eigenvalue weighted by molar-refractivity contribution is 0.358. The van der Waals surface area contributed by atoms with Gasteiger partial charge in [-0.15, -0.1) is 0 Å². The zero-order valence-electron chi connectivity index (χ0n) is 13.1. The molecule has 0 aliphatic carbocycles. The van der Waals surface area contributed by atoms with Crippen LogP contribution in [0.1, 0.15) is 20.3 Å². The molecular formula is C16H23N3O2S. The Morgan fingerprint density at radius 2 is 2.09 bits per heavy atom. The third-order valence-corrected chi connectivity index (χ3v) is 5.57. The molecule has 1 unspecified atom stereocenters. The molecule has 0 bridgehead atoms. The van der Waals surface area contributed by atoms with Crippen LogP contribution in [0.5, 0.6) is 0 Å². The first-order valence-electron chi connectivity index (χ1n) is 7.53. The van der Waals surface area contributed by atoms with Gasteiger partial charge in [-0.25, -0.2) is 8.42 Å². The number of nitrogens with two attached hydrogens (primary N) is 1. The molecule has 0 saturated heterocycles. The van der Waals surface area contributed by atoms with Crippen LogP contribution in [0.2, 0.25) is 0 Å². The molecule has 120 valence electrons. The van der Waals surface area contributed by atoms with Crippen LogP contribution in [-0.2, 0) is 10.0 Å². The van der Waals surface area contributed by atoms with Crippen molar-refractivity contribution in [3.05, 3.63) is 36.7 Å². The molecule has 2 rings (SSSR count). The predicted molar refractivity (Wildman–Crippen MR) is 89.0 cm³/mol. The Bertz CT molecular complexity index is 726. The fraction of sp³-hybridized carbons (Fsp3) is 0.438. The average molecular weight is 321 g/mol. The van der Waals surface area contributed by atoms with Crippen molar-refractivity contribution in [3.8, 4) is 0 Å². The highest BCUT2D eigenvalue weighted by Crippen LogP contribution is 2.25. The van der Waals surface area contributed by atoms with Gasteiger partial charge in [-0.1, -0.05) is 26.0 Å². The summed E-state index contributed by atoms with van der Waals surface area (Å²) in [6.45, 7) is 5.34. The smallest absolute Gasteiger partial charge is 0.243 e. The summed E-state index contributed by atoms with van der Waals surface area (Å²) >= 11 is 0. The minimum Gasteiger partial charge on any atom is -0.330 e. The van der Waals surface area contributed by atoms with Crippen LogP contribution in [-0.4, -0.2) is 37.3 Å². The van der Waals surface area contributed by atoms with Crippen molar-refractivity contribution in [3.63, 3.8) is 0 Å². The van der Waals surface area contributed by atoms with E-state index in [0.29, 0.717) is 29.9 Å². The standard InChI is InChI=1S/C16H23N3O2S/c1-3-9-19(12-13(2)10-17)22(20,21)16-6-4-5-14-11-18-8-7-15(14)16/h4-8,11,13H,3,9-10,12,17H2,1-2H3. The number of rotatable bonds is 7. The largest absolute Gasteiger partial charge is 0.330 e. The summed E-state index contributed by atoms with van der Waals surface area (Å²) in [6.07, 6.45) is 4.07. The minimum absolute atomic E-state index is 0.123. The fourth-order valence-electron chi connectivity index (χ4n) is 2.44. The van der Waals surface area contributed by atoms with Gasteiger partial charge in [0.05, 0.1) is 4.90 Å². The second-order valence-electron chi connectivity index (χ2n) is 5.56. The van der Waals surface area contributed by atoms with E-state index in [-0.39, 0.29) is 5.92 Å². The van der Waals surface area contributed by atoms with Gasteiger partial charge in [0.2, 0.25) is 10.0 Å². The lowest BCUT2D eigenvalue weighted by atomic mass is 10.2. The number of pyridine rings is 1. The number of sulfonamides is 1. The van der Waals surface area contributed by atoms with Crippen LogP contribution in [0.15, 0.2) is 41.6 Å². The van der Waals surface area contributed by atoms with E-state index in [0.717, 1.165) is 11.8 Å². The minimum atomic E-state index is -3.54. The van der Waals surface area contributed by atoms with E-state index in [1.165, 1.54) is 0 Å². The van der Waals surface area contributed by atoms with Crippen molar-refractivity contribution in [2.45, 2.75) is 25.2 Å². The maximum Gasteiger partial charge on any atom is 0.243 e. The molecule has 0 aliphatic heterocycles. The number of benzene rings is 1. The summed E-state index contributed by atoms with van der Waals surface area (Å²) in [6, 6.07) is 7.04. The molecule has 6 heteroatoms. The van der Waals surface area contributed by atoms with Crippen molar-refractivity contribution in [2.24, 2.45) is 11.7 Å². The van der Waals surface area contributed by atoms with Gasteiger partial charge in [0.15, 0.2) is 0 Å². The Labute approximate surface area is 132 Å². The van der Waals surface area contributed by atoms with Crippen molar-refractivity contribution in [2.75, 3.05) is 19.6 Å². The van der Waals surface area contributed by atoms with Crippen LogP contribution in [0.3, 0.4) is 0 Å². The molecule has 5 nitrogen and oxygen atoms in total. The molecule has 0 fully saturated rings. The summed E-state index contributed by atoms with van der Waals surface area (Å²) in [5.74, 6) is 0.123. The molecule has 2 N–H and O–H groups in total. The fourth-order valence-corrected chi connectivity index (χ4v) is 4.30. The first-order valence-corrected chi connectivity index (χ1v) is 8.97. The predicted octanol–water partition coefficient (Wildman–Crippen LogP) is 2.23. The molecule has 0 spiro atoms. The van der Waals surface area contributed by atoms with E-state index in [1.807, 2.05) is 19.9 Å². The van der Waals surface area contributed by atoms with Gasteiger partial charge in [0.25, 0.3) is 0 Å². The quantitative estimate of drug-likeness (QED) is 0.848. The monoisotopic (exact) mass is 321 g/mol. The lowest BCUT2D eigenvalue weighted by Crippen LogP contribution is -2.37. The Hall–Kier alpha value is -1.50. The van der Waals surface area contributed by atoms with Gasteiger partial charge < -0.3 is 5.73 Å². The van der Waals surface area contributed by atoms with Gasteiger partial charge in [-0.05, 0) is 31.0 Å². The van der Waals surface area contributed by atoms with Crippen LogP contribution in [0.4, 0.5) is 0 Å². The zero-order valence-corrected chi connectivity index (χ0v) is 13.9. The SMILES string of the molecule is CCCN(CC(C)CN)S(=O)(=O)c1cccc2cnccc12. The van der Waals surface area contributed by atoms with Crippen molar-refractivity contribution in [1.29, 1.82) is 0 Å². The Morgan fingerprint density at radius 1 is 1.32 bits per heavy atom. The van der Waals surface area contributed by atoms with Gasteiger partial charge in [-0.2, -0.15) is 4.31 Å². The molecule has 0 amide bonds. The molecule has 1 aromatic heterocycles. The Morgan fingerprint density at radius 3 is 2.77 bits per heavy atom. The molecular weight excluding hydrogens is 298 g/mol. The normalized spacial score (nSPS) is 13.6. The lowest BCUT2D eigenvalue weighted by Gasteiger charge is -2.25. The van der Waals surface area contributed by atoms with E-state index < -0.39 is 10.0 Å². The summed E-state index contributed by atoms with van der Waals surface area (Å²) in [5, 5.41) is 1.53. The number of hydrogen-bond donors (Lipinski definition) is 1. The number of fused-ring (bicyclic) bond motifs is 1. The maximum atomic E-state index is 13.1. The topological polar surface area (TPSA) is 76.3 Å². The molecule has 1 aromatic carbocycles. The van der Waals surface area contributed by atoms with Gasteiger partial charge in [0.1, 0.15) is 0 Å². The number of aromatic nitrogens is 1. The summed E-state index contributed by atoms with van der Waals surface area (Å²) in [5.41, 5.74) is 5.66. The first kappa shape index (κ1) is 16.9. The van der Waals surface area contributed by atoms with E-state index in [2.05, 4.69) is 4.98 Å². The highest BCUT2D eigenvalue weighted by atomic mass is 32.2. The second-order valence-corrected chi connectivity index (χ2v) is 7.46. The number of nitrogens with zero attached hydrogens (tertiary/aromatic N) is 2. The van der Waals surface area contributed by atoms with Crippen LogP contribution >= 0.6 is 0 Å². The molecule has 1 heterocycles. The van der Waals surface area contributed by atoms with E-state index >= 15 is 0 Å². The van der Waals surface area contributed by atoms with E-state index in [1.54, 1.807) is 34.9 Å². The Balaban J connectivity index is 2.49. The molecule has 2 aromatic rings. The van der Waals surface area contributed by atoms with Crippen molar-refractivity contribution < 1.29 is 8.42 Å². The highest BCUT2D eigenvalue weighted by Gasteiger charge is 2.26. The first-order chi connectivity index (χ1) is 10.5. The third kappa shape index (κ3) is 3.45. The van der Waals surface area contributed by atoms with Gasteiger partial charge >= 0.3 is 0 Å². The maximum absolute atomic E-state index is 13.1. The zero-order chi connectivity index (χ0) is 16.2. The summed E-state index contributed by atoms with van der Waals surface area (Å²) in [7, 11) is -3.54. The van der Waals surface area contributed by atoms with Crippen molar-refractivity contribution in [1.82, 2.24) is 9.29 Å². The Kier molecular flexibility index (Phi) is 5.50. The van der Waals surface area contributed by atoms with Crippen molar-refractivity contribution >= 4 is 20.8 Å². The van der Waals surface area contributed by atoms with E-state index in [4.69, 9.17) is 5.73 Å². The van der Waals surface area contributed by atoms with Crippen LogP contribution in [0.25, 0.3) is 10.8 Å². The summed E-state index contributed by atoms with van der Waals surface area (Å²) in [4.78, 5) is 4.39. The molecule has 0 radical (unpaired) electrons. The third-order valence-electron chi connectivity index (χ3n) is 3.65. The van der Waals surface area contributed by atoms with Gasteiger partial charge in [0, 0.05) is 36.3 Å². The molecule has 1 atom stereocenters. The second kappa shape index (κ2) is 7.17. The number of hydrogen-bond acceptors (Lipinski definition) is 4. The average Bonchev–Trinajstić information content (AvgIpc) is 2.53. The van der Waals surface area contributed by atoms with Crippen LogP contribution in [0, 0.1) is 5.92 Å². The van der Waals surface area contributed by atoms with Crippen LogP contribution < -0.4 is 5.73 Å². The van der Waals surface area contributed by atoms with E-state index in [9.17, 15) is 8.42 Å². The highest BCUT2D eigenvalue weighted by molar-refractivity contribution is 7.89. The molecule has 0 aliphatic rings.